The molecule has 1 aromatic rings. The Morgan fingerprint density at radius 2 is 2.18 bits per heavy atom. The molecule has 1 aromatic heterocycles. The molecule has 0 amide bonds. The first-order chi connectivity index (χ1) is 7.94. The molecular weight excluding hydrogens is 301 g/mol. The van der Waals surface area contributed by atoms with Crippen molar-refractivity contribution in [3.63, 3.8) is 0 Å². The van der Waals surface area contributed by atoms with E-state index in [0.29, 0.717) is 16.8 Å². The van der Waals surface area contributed by atoms with Gasteiger partial charge in [0.25, 0.3) is 0 Å². The van der Waals surface area contributed by atoms with Crippen LogP contribution in [0.1, 0.15) is 25.5 Å². The Balaban J connectivity index is 2.59. The highest BCUT2D eigenvalue weighted by atomic mass is 79.9. The van der Waals surface area contributed by atoms with E-state index in [0.717, 1.165) is 6.42 Å². The molecule has 0 aliphatic carbocycles. The topological polar surface area (TPSA) is 27.1 Å². The van der Waals surface area contributed by atoms with Gasteiger partial charge in [-0.05, 0) is 22.4 Å². The van der Waals surface area contributed by atoms with Gasteiger partial charge < -0.3 is 4.74 Å². The number of halogens is 4. The molecule has 1 rings (SSSR count). The van der Waals surface area contributed by atoms with Crippen molar-refractivity contribution in [3.8, 4) is 0 Å². The number of nitrogens with zero attached hydrogens (tertiary/aromatic N) is 2. The van der Waals surface area contributed by atoms with Crippen LogP contribution in [0.2, 0.25) is 0 Å². The van der Waals surface area contributed by atoms with Crippen LogP contribution in [0, 0.1) is 0 Å². The van der Waals surface area contributed by atoms with Crippen molar-refractivity contribution < 1.29 is 17.9 Å². The molecule has 0 aromatic carbocycles. The van der Waals surface area contributed by atoms with Gasteiger partial charge in [0, 0.05) is 13.2 Å². The van der Waals surface area contributed by atoms with Crippen LogP contribution in [0.15, 0.2) is 10.7 Å². The maximum atomic E-state index is 12.1. The summed E-state index contributed by atoms with van der Waals surface area (Å²) in [7, 11) is 0. The summed E-state index contributed by atoms with van der Waals surface area (Å²) in [5.41, 5.74) is 0.641. The van der Waals surface area contributed by atoms with Crippen LogP contribution in [0.5, 0.6) is 0 Å². The molecule has 0 fully saturated rings. The molecule has 0 saturated carbocycles. The first-order valence-corrected chi connectivity index (χ1v) is 6.08. The van der Waals surface area contributed by atoms with Crippen LogP contribution in [-0.2, 0) is 17.9 Å². The number of alkyl halides is 3. The van der Waals surface area contributed by atoms with Gasteiger partial charge in [0.15, 0.2) is 0 Å². The van der Waals surface area contributed by atoms with Gasteiger partial charge in [-0.25, -0.2) is 0 Å². The summed E-state index contributed by atoms with van der Waals surface area (Å²) in [4.78, 5) is 0. The molecule has 0 unspecified atom stereocenters. The Morgan fingerprint density at radius 1 is 1.47 bits per heavy atom. The summed E-state index contributed by atoms with van der Waals surface area (Å²) in [6.07, 6.45) is -2.70. The second-order valence-electron chi connectivity index (χ2n) is 3.58. The van der Waals surface area contributed by atoms with Gasteiger partial charge in [-0.3, -0.25) is 4.68 Å². The fraction of sp³-hybridized carbons (Fsp3) is 0.700. The molecule has 0 aliphatic rings. The minimum Gasteiger partial charge on any atom is -0.375 e. The van der Waals surface area contributed by atoms with Crippen LogP contribution in [-0.4, -0.2) is 22.6 Å². The minimum absolute atomic E-state index is 0.181. The maximum absolute atomic E-state index is 12.1. The standard InChI is InChI=1S/C10H14BrF3N2O/c1-2-5-17-7-9-8(11)6-15-16(9)4-3-10(12,13)14/h6H,2-5,7H2,1H3. The smallest absolute Gasteiger partial charge is 0.375 e. The lowest BCUT2D eigenvalue weighted by atomic mass is 10.4. The van der Waals surface area contributed by atoms with Crippen LogP contribution in [0.3, 0.4) is 0 Å². The molecule has 1 heterocycles. The summed E-state index contributed by atoms with van der Waals surface area (Å²) < 4.78 is 43.6. The van der Waals surface area contributed by atoms with E-state index in [1.54, 1.807) is 0 Å². The summed E-state index contributed by atoms with van der Waals surface area (Å²) in [5.74, 6) is 0. The first kappa shape index (κ1) is 14.5. The van der Waals surface area contributed by atoms with Crippen molar-refractivity contribution in [3.05, 3.63) is 16.4 Å². The van der Waals surface area contributed by atoms with E-state index >= 15 is 0 Å². The largest absolute Gasteiger partial charge is 0.390 e. The molecule has 0 atom stereocenters. The number of hydrogen-bond donors (Lipinski definition) is 0. The minimum atomic E-state index is -4.17. The van der Waals surface area contributed by atoms with Gasteiger partial charge in [0.2, 0.25) is 0 Å². The highest BCUT2D eigenvalue weighted by Gasteiger charge is 2.27. The van der Waals surface area contributed by atoms with Gasteiger partial charge in [-0.1, -0.05) is 6.92 Å². The highest BCUT2D eigenvalue weighted by molar-refractivity contribution is 9.10. The molecule has 0 radical (unpaired) electrons. The molecule has 0 bridgehead atoms. The first-order valence-electron chi connectivity index (χ1n) is 5.28. The Labute approximate surface area is 106 Å². The molecule has 0 N–H and O–H groups in total. The van der Waals surface area contributed by atoms with E-state index in [-0.39, 0.29) is 13.2 Å². The van der Waals surface area contributed by atoms with Gasteiger partial charge in [0.05, 0.1) is 29.4 Å². The predicted octanol–water partition coefficient (Wildman–Crippen LogP) is 3.52. The fourth-order valence-corrected chi connectivity index (χ4v) is 1.68. The third kappa shape index (κ3) is 5.08. The fourth-order valence-electron chi connectivity index (χ4n) is 1.27. The lowest BCUT2D eigenvalue weighted by molar-refractivity contribution is -0.137. The molecule has 17 heavy (non-hydrogen) atoms. The Bertz CT molecular complexity index is 352. The van der Waals surface area contributed by atoms with Crippen molar-refractivity contribution in [1.82, 2.24) is 9.78 Å². The molecular formula is C10H14BrF3N2O. The van der Waals surface area contributed by atoms with Crippen LogP contribution in [0.25, 0.3) is 0 Å². The molecule has 0 saturated heterocycles. The van der Waals surface area contributed by atoms with Gasteiger partial charge in [-0.2, -0.15) is 18.3 Å². The molecule has 3 nitrogen and oxygen atoms in total. The van der Waals surface area contributed by atoms with Gasteiger partial charge in [-0.15, -0.1) is 0 Å². The average Bonchev–Trinajstić information content (AvgIpc) is 2.57. The number of rotatable bonds is 6. The Hall–Kier alpha value is -0.560. The third-order valence-electron chi connectivity index (χ3n) is 2.09. The highest BCUT2D eigenvalue weighted by Crippen LogP contribution is 2.23. The van der Waals surface area contributed by atoms with Gasteiger partial charge in [0.1, 0.15) is 0 Å². The van der Waals surface area contributed by atoms with Crippen LogP contribution < -0.4 is 0 Å². The summed E-state index contributed by atoms with van der Waals surface area (Å²) in [5, 5.41) is 3.89. The Kier molecular flexibility index (Phi) is 5.45. The number of hydrogen-bond acceptors (Lipinski definition) is 2. The number of ether oxygens (including phenoxy) is 1. The zero-order chi connectivity index (χ0) is 12.9. The summed E-state index contributed by atoms with van der Waals surface area (Å²) in [6, 6.07) is 0. The zero-order valence-electron chi connectivity index (χ0n) is 9.43. The lowest BCUT2D eigenvalue weighted by Crippen LogP contribution is -2.15. The van der Waals surface area contributed by atoms with E-state index in [4.69, 9.17) is 4.74 Å². The van der Waals surface area contributed by atoms with E-state index in [1.165, 1.54) is 10.9 Å². The second kappa shape index (κ2) is 6.39. The lowest BCUT2D eigenvalue weighted by Gasteiger charge is -2.10. The molecule has 0 spiro atoms. The molecule has 0 aliphatic heterocycles. The van der Waals surface area contributed by atoms with E-state index in [2.05, 4.69) is 21.0 Å². The molecule has 98 valence electrons. The number of aryl methyl sites for hydroxylation is 1. The van der Waals surface area contributed by atoms with Crippen molar-refractivity contribution in [1.29, 1.82) is 0 Å². The average molecular weight is 315 g/mol. The van der Waals surface area contributed by atoms with Crippen molar-refractivity contribution in [2.45, 2.75) is 39.1 Å². The van der Waals surface area contributed by atoms with Crippen LogP contribution >= 0.6 is 15.9 Å². The maximum Gasteiger partial charge on any atom is 0.390 e. The third-order valence-corrected chi connectivity index (χ3v) is 2.75. The predicted molar refractivity (Wildman–Crippen MR) is 60.5 cm³/mol. The van der Waals surface area contributed by atoms with E-state index in [9.17, 15) is 13.2 Å². The SMILES string of the molecule is CCCOCc1c(Br)cnn1CCC(F)(F)F. The van der Waals surface area contributed by atoms with E-state index in [1.807, 2.05) is 6.92 Å². The summed E-state index contributed by atoms with van der Waals surface area (Å²) >= 11 is 3.25. The van der Waals surface area contributed by atoms with Crippen molar-refractivity contribution in [2.24, 2.45) is 0 Å². The normalized spacial score (nSPS) is 12.1. The second-order valence-corrected chi connectivity index (χ2v) is 4.43. The quantitative estimate of drug-likeness (QED) is 0.751. The zero-order valence-corrected chi connectivity index (χ0v) is 11.0. The van der Waals surface area contributed by atoms with E-state index < -0.39 is 12.6 Å². The van der Waals surface area contributed by atoms with Gasteiger partial charge >= 0.3 is 6.18 Å². The summed E-state index contributed by atoms with van der Waals surface area (Å²) in [6.45, 7) is 2.64. The van der Waals surface area contributed by atoms with Crippen molar-refractivity contribution >= 4 is 15.9 Å². The number of aromatic nitrogens is 2. The van der Waals surface area contributed by atoms with Crippen LogP contribution in [0.4, 0.5) is 13.2 Å². The molecule has 7 heteroatoms. The Morgan fingerprint density at radius 3 is 2.76 bits per heavy atom. The van der Waals surface area contributed by atoms with Crippen molar-refractivity contribution in [2.75, 3.05) is 6.61 Å². The monoisotopic (exact) mass is 314 g/mol.